The molecular formula is C17H19N. The number of benzene rings is 2. The minimum atomic E-state index is 0.712. The van der Waals surface area contributed by atoms with Gasteiger partial charge in [0.05, 0.1) is 0 Å². The fraction of sp³-hybridized carbons (Fsp3) is 0.294. The standard InChI is InChI=1S/C17H19N/c1-3-13(2)12-18-16-10-6-4-8-14(16)15-9-5-7-11-17(15)18/h4-11,13H,3,12H2,1-2H3. The largest absolute Gasteiger partial charge is 0.340 e. The Morgan fingerprint density at radius 3 is 1.89 bits per heavy atom. The van der Waals surface area contributed by atoms with Gasteiger partial charge in [0, 0.05) is 28.4 Å². The van der Waals surface area contributed by atoms with Gasteiger partial charge in [0.15, 0.2) is 0 Å². The SMILES string of the molecule is CCC(C)Cn1c2ccccc2c2ccccc21. The summed E-state index contributed by atoms with van der Waals surface area (Å²) in [6.45, 7) is 5.69. The number of nitrogens with zero attached hydrogens (tertiary/aromatic N) is 1. The Hall–Kier alpha value is -1.76. The molecule has 1 heteroatoms. The molecule has 1 nitrogen and oxygen atoms in total. The molecule has 0 saturated heterocycles. The molecule has 0 fully saturated rings. The second-order valence-electron chi connectivity index (χ2n) is 5.16. The summed E-state index contributed by atoms with van der Waals surface area (Å²) in [5.41, 5.74) is 2.72. The van der Waals surface area contributed by atoms with E-state index in [1.54, 1.807) is 0 Å². The third kappa shape index (κ3) is 1.71. The van der Waals surface area contributed by atoms with Crippen LogP contribution < -0.4 is 0 Å². The van der Waals surface area contributed by atoms with Crippen LogP contribution in [0.1, 0.15) is 20.3 Å². The summed E-state index contributed by atoms with van der Waals surface area (Å²) < 4.78 is 2.47. The molecule has 0 saturated carbocycles. The van der Waals surface area contributed by atoms with Crippen molar-refractivity contribution in [3.05, 3.63) is 48.5 Å². The molecular weight excluding hydrogens is 218 g/mol. The molecule has 18 heavy (non-hydrogen) atoms. The molecule has 0 radical (unpaired) electrons. The van der Waals surface area contributed by atoms with E-state index in [0.29, 0.717) is 5.92 Å². The summed E-state index contributed by atoms with van der Waals surface area (Å²) in [7, 11) is 0. The van der Waals surface area contributed by atoms with Gasteiger partial charge in [0.2, 0.25) is 0 Å². The normalized spacial score (nSPS) is 13.2. The van der Waals surface area contributed by atoms with Crippen LogP contribution in [-0.2, 0) is 6.54 Å². The van der Waals surface area contributed by atoms with Crippen molar-refractivity contribution in [3.63, 3.8) is 0 Å². The molecule has 2 aromatic carbocycles. The molecule has 3 rings (SSSR count). The molecule has 0 bridgehead atoms. The number of hydrogen-bond acceptors (Lipinski definition) is 0. The fourth-order valence-electron chi connectivity index (χ4n) is 2.64. The summed E-state index contributed by atoms with van der Waals surface area (Å²) in [5, 5.41) is 2.74. The van der Waals surface area contributed by atoms with Crippen molar-refractivity contribution < 1.29 is 0 Å². The first-order valence-corrected chi connectivity index (χ1v) is 6.77. The third-order valence-electron chi connectivity index (χ3n) is 3.87. The van der Waals surface area contributed by atoms with Crippen LogP contribution in [0.5, 0.6) is 0 Å². The maximum absolute atomic E-state index is 2.47. The van der Waals surface area contributed by atoms with E-state index >= 15 is 0 Å². The number of aromatic nitrogens is 1. The lowest BCUT2D eigenvalue weighted by atomic mass is 10.1. The maximum Gasteiger partial charge on any atom is 0.0491 e. The Morgan fingerprint density at radius 2 is 1.39 bits per heavy atom. The zero-order chi connectivity index (χ0) is 12.5. The quantitative estimate of drug-likeness (QED) is 0.614. The van der Waals surface area contributed by atoms with Gasteiger partial charge < -0.3 is 4.57 Å². The molecule has 0 aliphatic carbocycles. The number of fused-ring (bicyclic) bond motifs is 3. The van der Waals surface area contributed by atoms with Crippen molar-refractivity contribution in [1.82, 2.24) is 4.57 Å². The van der Waals surface area contributed by atoms with E-state index in [1.165, 1.54) is 28.2 Å². The zero-order valence-electron chi connectivity index (χ0n) is 11.1. The summed E-state index contributed by atoms with van der Waals surface area (Å²) in [5.74, 6) is 0.712. The molecule has 0 aliphatic heterocycles. The van der Waals surface area contributed by atoms with Crippen LogP contribution >= 0.6 is 0 Å². The topological polar surface area (TPSA) is 4.93 Å². The van der Waals surface area contributed by atoms with E-state index in [2.05, 4.69) is 66.9 Å². The molecule has 0 N–H and O–H groups in total. The van der Waals surface area contributed by atoms with Crippen molar-refractivity contribution in [1.29, 1.82) is 0 Å². The molecule has 1 atom stereocenters. The highest BCUT2D eigenvalue weighted by Gasteiger charge is 2.10. The van der Waals surface area contributed by atoms with Crippen molar-refractivity contribution in [2.24, 2.45) is 5.92 Å². The average molecular weight is 237 g/mol. The molecule has 0 amide bonds. The van der Waals surface area contributed by atoms with Crippen LogP contribution in [0.3, 0.4) is 0 Å². The average Bonchev–Trinajstić information content (AvgIpc) is 2.74. The van der Waals surface area contributed by atoms with Crippen molar-refractivity contribution in [3.8, 4) is 0 Å². The highest BCUT2D eigenvalue weighted by molar-refractivity contribution is 6.07. The zero-order valence-corrected chi connectivity index (χ0v) is 11.1. The van der Waals surface area contributed by atoms with Crippen LogP contribution in [0, 0.1) is 5.92 Å². The molecule has 1 heterocycles. The molecule has 1 aromatic heterocycles. The monoisotopic (exact) mass is 237 g/mol. The van der Waals surface area contributed by atoms with Gasteiger partial charge in [-0.05, 0) is 18.1 Å². The van der Waals surface area contributed by atoms with E-state index in [1.807, 2.05) is 0 Å². The van der Waals surface area contributed by atoms with Gasteiger partial charge in [0.25, 0.3) is 0 Å². The number of para-hydroxylation sites is 2. The summed E-state index contributed by atoms with van der Waals surface area (Å²) in [6.07, 6.45) is 1.22. The summed E-state index contributed by atoms with van der Waals surface area (Å²) in [6, 6.07) is 17.4. The second-order valence-corrected chi connectivity index (χ2v) is 5.16. The van der Waals surface area contributed by atoms with Gasteiger partial charge in [-0.2, -0.15) is 0 Å². The minimum Gasteiger partial charge on any atom is -0.340 e. The first kappa shape index (κ1) is 11.3. The molecule has 0 spiro atoms. The lowest BCUT2D eigenvalue weighted by Gasteiger charge is -2.12. The van der Waals surface area contributed by atoms with Crippen LogP contribution in [0.25, 0.3) is 21.8 Å². The van der Waals surface area contributed by atoms with E-state index < -0.39 is 0 Å². The van der Waals surface area contributed by atoms with E-state index in [-0.39, 0.29) is 0 Å². The van der Waals surface area contributed by atoms with Crippen molar-refractivity contribution >= 4 is 21.8 Å². The van der Waals surface area contributed by atoms with Crippen LogP contribution in [-0.4, -0.2) is 4.57 Å². The highest BCUT2D eigenvalue weighted by Crippen LogP contribution is 2.29. The van der Waals surface area contributed by atoms with E-state index in [9.17, 15) is 0 Å². The van der Waals surface area contributed by atoms with Crippen molar-refractivity contribution in [2.75, 3.05) is 0 Å². The predicted molar refractivity (Wildman–Crippen MR) is 78.9 cm³/mol. The lowest BCUT2D eigenvalue weighted by Crippen LogP contribution is -2.06. The number of hydrogen-bond donors (Lipinski definition) is 0. The van der Waals surface area contributed by atoms with Crippen LogP contribution in [0.2, 0.25) is 0 Å². The number of rotatable bonds is 3. The smallest absolute Gasteiger partial charge is 0.0491 e. The fourth-order valence-corrected chi connectivity index (χ4v) is 2.64. The Balaban J connectivity index is 2.31. The minimum absolute atomic E-state index is 0.712. The van der Waals surface area contributed by atoms with Crippen LogP contribution in [0.15, 0.2) is 48.5 Å². The summed E-state index contributed by atoms with van der Waals surface area (Å²) >= 11 is 0. The van der Waals surface area contributed by atoms with E-state index in [4.69, 9.17) is 0 Å². The van der Waals surface area contributed by atoms with Gasteiger partial charge in [-0.1, -0.05) is 56.7 Å². The first-order chi connectivity index (χ1) is 8.81. The molecule has 92 valence electrons. The molecule has 3 aromatic rings. The Labute approximate surface area is 108 Å². The maximum atomic E-state index is 2.47. The van der Waals surface area contributed by atoms with Gasteiger partial charge in [-0.3, -0.25) is 0 Å². The van der Waals surface area contributed by atoms with E-state index in [0.717, 1.165) is 6.54 Å². The Bertz CT molecular complexity index is 625. The van der Waals surface area contributed by atoms with Gasteiger partial charge in [0.1, 0.15) is 0 Å². The molecule has 0 aliphatic rings. The third-order valence-corrected chi connectivity index (χ3v) is 3.87. The lowest BCUT2D eigenvalue weighted by molar-refractivity contribution is 0.485. The Morgan fingerprint density at radius 1 is 0.889 bits per heavy atom. The van der Waals surface area contributed by atoms with Crippen LogP contribution in [0.4, 0.5) is 0 Å². The van der Waals surface area contributed by atoms with Gasteiger partial charge in [-0.15, -0.1) is 0 Å². The highest BCUT2D eigenvalue weighted by atomic mass is 15.0. The van der Waals surface area contributed by atoms with Gasteiger partial charge >= 0.3 is 0 Å². The van der Waals surface area contributed by atoms with Gasteiger partial charge in [-0.25, -0.2) is 0 Å². The molecule has 1 unspecified atom stereocenters. The summed E-state index contributed by atoms with van der Waals surface area (Å²) in [4.78, 5) is 0. The second kappa shape index (κ2) is 4.49. The predicted octanol–water partition coefficient (Wildman–Crippen LogP) is 4.84. The Kier molecular flexibility index (Phi) is 2.83. The first-order valence-electron chi connectivity index (χ1n) is 6.77. The van der Waals surface area contributed by atoms with Crippen molar-refractivity contribution in [2.45, 2.75) is 26.8 Å².